The van der Waals surface area contributed by atoms with Crippen LogP contribution in [-0.4, -0.2) is 26.6 Å². The molecule has 134 valence electrons. The van der Waals surface area contributed by atoms with Crippen LogP contribution in [0.25, 0.3) is 0 Å². The number of aliphatic imine (C=N–C) groups is 1. The van der Waals surface area contributed by atoms with Crippen molar-refractivity contribution in [1.29, 1.82) is 0 Å². The molecule has 0 amide bonds. The Morgan fingerprint density at radius 2 is 2.16 bits per heavy atom. The van der Waals surface area contributed by atoms with Gasteiger partial charge in [0.15, 0.2) is 0 Å². The second kappa shape index (κ2) is 6.13. The summed E-state index contributed by atoms with van der Waals surface area (Å²) in [6, 6.07) is 3.92. The van der Waals surface area contributed by atoms with Crippen LogP contribution in [0, 0.1) is 0 Å². The van der Waals surface area contributed by atoms with Gasteiger partial charge >= 0.3 is 13.3 Å². The highest BCUT2D eigenvalue weighted by molar-refractivity contribution is 9.10. The number of allylic oxidation sites excluding steroid dienone is 2. The summed E-state index contributed by atoms with van der Waals surface area (Å²) in [5, 5.41) is 0. The number of rotatable bonds is 4. The number of alkyl halides is 2. The summed E-state index contributed by atoms with van der Waals surface area (Å²) in [6.07, 6.45) is 8.49. The molecular weight excluding hydrogens is 417 g/mol. The van der Waals surface area contributed by atoms with Gasteiger partial charge in [-0.15, -0.1) is 0 Å². The van der Waals surface area contributed by atoms with Gasteiger partial charge in [0.2, 0.25) is 0 Å². The molecule has 0 aromatic heterocycles. The van der Waals surface area contributed by atoms with Crippen molar-refractivity contribution < 1.29 is 23.1 Å². The molecule has 0 saturated heterocycles. The van der Waals surface area contributed by atoms with E-state index in [4.69, 9.17) is 9.79 Å². The fraction of sp³-hybridized carbons (Fsp3) is 0.312. The molecule has 1 aliphatic heterocycles. The molecule has 0 fully saturated rings. The van der Waals surface area contributed by atoms with Crippen LogP contribution >= 0.6 is 23.5 Å². The topological polar surface area (TPSA) is 73.1 Å². The maximum atomic E-state index is 13.9. The molecule has 5 nitrogen and oxygen atoms in total. The van der Waals surface area contributed by atoms with Gasteiger partial charge in [-0.2, -0.15) is 8.78 Å². The lowest BCUT2D eigenvalue weighted by molar-refractivity contribution is 0.0557. The summed E-state index contributed by atoms with van der Waals surface area (Å²) in [7, 11) is -5.60. The SMILES string of the molecule is CC12CC=CC=C1N(Cc1ccc(C(F)(F)P(=O)(O)O)c(Br)c1)C=N2. The van der Waals surface area contributed by atoms with E-state index in [0.717, 1.165) is 18.2 Å². The van der Waals surface area contributed by atoms with E-state index in [1.807, 2.05) is 30.1 Å². The Hall–Kier alpha value is -1.34. The fourth-order valence-electron chi connectivity index (χ4n) is 2.90. The van der Waals surface area contributed by atoms with Gasteiger partial charge in [0, 0.05) is 22.3 Å². The third-order valence-corrected chi connectivity index (χ3v) is 5.95. The third-order valence-electron chi connectivity index (χ3n) is 4.33. The summed E-state index contributed by atoms with van der Waals surface area (Å²) in [5.74, 6) is 0. The van der Waals surface area contributed by atoms with Crippen molar-refractivity contribution in [2.75, 3.05) is 0 Å². The number of benzene rings is 1. The largest absolute Gasteiger partial charge is 0.399 e. The molecule has 2 N–H and O–H groups in total. The van der Waals surface area contributed by atoms with Crippen LogP contribution in [0.15, 0.2) is 51.6 Å². The van der Waals surface area contributed by atoms with E-state index < -0.39 is 18.8 Å². The molecule has 1 aromatic carbocycles. The lowest BCUT2D eigenvalue weighted by atomic mass is 9.90. The van der Waals surface area contributed by atoms with Gasteiger partial charge in [0.1, 0.15) is 5.54 Å². The third kappa shape index (κ3) is 3.24. The van der Waals surface area contributed by atoms with E-state index in [1.165, 1.54) is 12.1 Å². The number of hydrogen-bond donors (Lipinski definition) is 2. The zero-order valence-electron chi connectivity index (χ0n) is 13.2. The predicted molar refractivity (Wildman–Crippen MR) is 94.4 cm³/mol. The van der Waals surface area contributed by atoms with Gasteiger partial charge in [0.25, 0.3) is 0 Å². The molecule has 0 saturated carbocycles. The first-order chi connectivity index (χ1) is 11.5. The van der Waals surface area contributed by atoms with Crippen LogP contribution in [0.4, 0.5) is 8.78 Å². The normalized spacial score (nSPS) is 23.0. The molecule has 0 spiro atoms. The van der Waals surface area contributed by atoms with Crippen molar-refractivity contribution in [2.45, 2.75) is 31.1 Å². The van der Waals surface area contributed by atoms with Crippen LogP contribution in [-0.2, 0) is 16.8 Å². The van der Waals surface area contributed by atoms with E-state index in [-0.39, 0.29) is 10.0 Å². The fourth-order valence-corrected chi connectivity index (χ4v) is 4.24. The summed E-state index contributed by atoms with van der Waals surface area (Å²) in [6.45, 7) is 2.44. The molecule has 1 heterocycles. The van der Waals surface area contributed by atoms with Gasteiger partial charge in [-0.3, -0.25) is 9.56 Å². The van der Waals surface area contributed by atoms with Gasteiger partial charge in [-0.1, -0.05) is 40.2 Å². The van der Waals surface area contributed by atoms with E-state index in [2.05, 4.69) is 20.9 Å². The highest BCUT2D eigenvalue weighted by Crippen LogP contribution is 2.60. The molecule has 0 bridgehead atoms. The van der Waals surface area contributed by atoms with Crippen molar-refractivity contribution in [3.05, 3.63) is 57.7 Å². The molecule has 1 atom stereocenters. The molecule has 25 heavy (non-hydrogen) atoms. The summed E-state index contributed by atoms with van der Waals surface area (Å²) in [5.41, 5.74) is -3.54. The molecule has 3 rings (SSSR count). The Labute approximate surface area is 152 Å². The van der Waals surface area contributed by atoms with E-state index >= 15 is 0 Å². The van der Waals surface area contributed by atoms with Crippen LogP contribution in [0.3, 0.4) is 0 Å². The average Bonchev–Trinajstić information content (AvgIpc) is 2.83. The van der Waals surface area contributed by atoms with Gasteiger partial charge in [0.05, 0.1) is 6.34 Å². The molecule has 0 radical (unpaired) electrons. The monoisotopic (exact) mass is 432 g/mol. The maximum Gasteiger partial charge on any atom is 0.399 e. The Morgan fingerprint density at radius 3 is 2.80 bits per heavy atom. The minimum Gasteiger partial charge on any atom is -0.330 e. The molecule has 2 aliphatic rings. The Morgan fingerprint density at radius 1 is 1.44 bits per heavy atom. The van der Waals surface area contributed by atoms with Crippen molar-refractivity contribution >= 4 is 29.9 Å². The van der Waals surface area contributed by atoms with Crippen LogP contribution < -0.4 is 0 Å². The van der Waals surface area contributed by atoms with Crippen LogP contribution in [0.2, 0.25) is 0 Å². The predicted octanol–water partition coefficient (Wildman–Crippen LogP) is 4.12. The quantitative estimate of drug-likeness (QED) is 0.701. The molecule has 1 aromatic rings. The Kier molecular flexibility index (Phi) is 4.52. The van der Waals surface area contributed by atoms with Crippen molar-refractivity contribution in [1.82, 2.24) is 4.90 Å². The summed E-state index contributed by atoms with van der Waals surface area (Å²) < 4.78 is 38.8. The van der Waals surface area contributed by atoms with Crippen molar-refractivity contribution in [3.63, 3.8) is 0 Å². The first kappa shape index (κ1) is 18.5. The lowest BCUT2D eigenvalue weighted by Crippen LogP contribution is -2.29. The second-order valence-electron chi connectivity index (χ2n) is 6.23. The van der Waals surface area contributed by atoms with Crippen molar-refractivity contribution in [3.8, 4) is 0 Å². The molecular formula is C16H16BrF2N2O3P. The zero-order chi connectivity index (χ0) is 18.5. The maximum absolute atomic E-state index is 13.9. The van der Waals surface area contributed by atoms with E-state index in [1.54, 1.807) is 6.34 Å². The van der Waals surface area contributed by atoms with Gasteiger partial charge in [-0.25, -0.2) is 0 Å². The number of halogens is 3. The smallest absolute Gasteiger partial charge is 0.330 e. The Bertz CT molecular complexity index is 850. The highest BCUT2D eigenvalue weighted by atomic mass is 79.9. The van der Waals surface area contributed by atoms with Crippen molar-refractivity contribution in [2.24, 2.45) is 4.99 Å². The highest BCUT2D eigenvalue weighted by Gasteiger charge is 2.51. The van der Waals surface area contributed by atoms with E-state index in [9.17, 15) is 13.3 Å². The van der Waals surface area contributed by atoms with E-state index in [0.29, 0.717) is 12.1 Å². The van der Waals surface area contributed by atoms with Gasteiger partial charge in [-0.05, 0) is 31.1 Å². The minimum absolute atomic E-state index is 0.0465. The Balaban J connectivity index is 1.86. The molecule has 9 heteroatoms. The standard InChI is InChI=1S/C16H16BrF2N2O3P/c1-15-7-3-2-4-14(15)21(10-20-15)9-11-5-6-12(13(17)8-11)16(18,19)25(22,23)24/h2-6,8,10H,7,9H2,1H3,(H2,22,23,24). The second-order valence-corrected chi connectivity index (χ2v) is 8.73. The minimum atomic E-state index is -5.60. The van der Waals surface area contributed by atoms with Crippen LogP contribution in [0.1, 0.15) is 24.5 Å². The molecule has 1 unspecified atom stereocenters. The summed E-state index contributed by atoms with van der Waals surface area (Å²) in [4.78, 5) is 24.2. The summed E-state index contributed by atoms with van der Waals surface area (Å²) >= 11 is 3.00. The first-order valence-electron chi connectivity index (χ1n) is 7.46. The zero-order valence-corrected chi connectivity index (χ0v) is 15.7. The first-order valence-corrected chi connectivity index (χ1v) is 9.87. The van der Waals surface area contributed by atoms with Crippen LogP contribution in [0.5, 0.6) is 0 Å². The number of nitrogens with zero attached hydrogens (tertiary/aromatic N) is 2. The molecule has 1 aliphatic carbocycles. The number of hydrogen-bond acceptors (Lipinski definition) is 3. The lowest BCUT2D eigenvalue weighted by Gasteiger charge is -2.29. The average molecular weight is 433 g/mol. The number of fused-ring (bicyclic) bond motifs is 1. The van der Waals surface area contributed by atoms with Gasteiger partial charge < -0.3 is 14.7 Å².